The Morgan fingerprint density at radius 1 is 1.20 bits per heavy atom. The Kier molecular flexibility index (Phi) is 6.20. The predicted octanol–water partition coefficient (Wildman–Crippen LogP) is 3.11. The smallest absolute Gasteiger partial charge is 0.302 e. The zero-order valence-corrected chi connectivity index (χ0v) is 13.9. The highest BCUT2D eigenvalue weighted by Gasteiger charge is 2.14. The zero-order valence-electron chi connectivity index (χ0n) is 12.3. The fraction of sp³-hybridized carbons (Fsp3) is 0.467. The van der Waals surface area contributed by atoms with Gasteiger partial charge in [-0.15, -0.1) is 0 Å². The van der Waals surface area contributed by atoms with E-state index in [4.69, 9.17) is 4.74 Å². The molecule has 0 unspecified atom stereocenters. The molecule has 0 saturated heterocycles. The van der Waals surface area contributed by atoms with Gasteiger partial charge in [-0.05, 0) is 42.7 Å². The third-order valence-electron chi connectivity index (χ3n) is 3.13. The molecule has 0 aromatic heterocycles. The van der Waals surface area contributed by atoms with E-state index in [0.717, 1.165) is 22.1 Å². The van der Waals surface area contributed by atoms with Gasteiger partial charge in [0.05, 0.1) is 6.54 Å². The number of ether oxygens (including phenoxy) is 1. The van der Waals surface area contributed by atoms with Crippen molar-refractivity contribution in [2.75, 3.05) is 18.1 Å². The number of hydrogen-bond donors (Lipinski definition) is 0. The first kappa shape index (κ1) is 16.7. The number of amides is 1. The second-order valence-electron chi connectivity index (χ2n) is 4.70. The molecule has 4 nitrogen and oxygen atoms in total. The zero-order chi connectivity index (χ0) is 15.3. The Balaban J connectivity index is 2.98. The Labute approximate surface area is 128 Å². The molecule has 5 heteroatoms. The lowest BCUT2D eigenvalue weighted by molar-refractivity contribution is -0.140. The minimum Gasteiger partial charge on any atom is -0.464 e. The molecular formula is C15H20BrNO3. The fourth-order valence-electron chi connectivity index (χ4n) is 2.09. The van der Waals surface area contributed by atoms with Crippen LogP contribution in [-0.4, -0.2) is 25.0 Å². The van der Waals surface area contributed by atoms with E-state index >= 15 is 0 Å². The molecule has 0 N–H and O–H groups in total. The molecule has 1 aromatic carbocycles. The maximum absolute atomic E-state index is 11.8. The van der Waals surface area contributed by atoms with Crippen molar-refractivity contribution < 1.29 is 14.3 Å². The summed E-state index contributed by atoms with van der Waals surface area (Å²) in [4.78, 5) is 24.2. The van der Waals surface area contributed by atoms with Crippen molar-refractivity contribution in [1.29, 1.82) is 0 Å². The lowest BCUT2D eigenvalue weighted by Crippen LogP contribution is -2.32. The van der Waals surface area contributed by atoms with Gasteiger partial charge in [-0.25, -0.2) is 0 Å². The normalized spacial score (nSPS) is 10.2. The largest absolute Gasteiger partial charge is 0.464 e. The van der Waals surface area contributed by atoms with Crippen molar-refractivity contribution in [3.05, 3.63) is 28.8 Å². The van der Waals surface area contributed by atoms with Crippen molar-refractivity contribution in [2.45, 2.75) is 33.0 Å². The van der Waals surface area contributed by atoms with Crippen LogP contribution in [0.1, 0.15) is 30.5 Å². The third-order valence-corrected chi connectivity index (χ3v) is 3.69. The average Bonchev–Trinajstić information content (AvgIpc) is 2.33. The molecule has 0 radical (unpaired) electrons. The summed E-state index contributed by atoms with van der Waals surface area (Å²) in [5, 5.41) is 0.790. The number of anilines is 1. The summed E-state index contributed by atoms with van der Waals surface area (Å²) in [6.45, 7) is 7.48. The number of carbonyl (C=O) groups is 2. The number of esters is 1. The molecule has 0 bridgehead atoms. The van der Waals surface area contributed by atoms with Gasteiger partial charge < -0.3 is 9.64 Å². The highest BCUT2D eigenvalue weighted by molar-refractivity contribution is 9.08. The van der Waals surface area contributed by atoms with Crippen LogP contribution < -0.4 is 4.90 Å². The van der Waals surface area contributed by atoms with Crippen LogP contribution in [0.4, 0.5) is 5.69 Å². The van der Waals surface area contributed by atoms with Gasteiger partial charge in [0, 0.05) is 24.9 Å². The SMILES string of the molecule is CC(=O)OCCN(C(C)=O)c1cc(C)c(CBr)c(C)c1. The Morgan fingerprint density at radius 2 is 1.75 bits per heavy atom. The summed E-state index contributed by atoms with van der Waals surface area (Å²) in [5.74, 6) is -0.405. The van der Waals surface area contributed by atoms with Gasteiger partial charge in [-0.1, -0.05) is 15.9 Å². The van der Waals surface area contributed by atoms with Crippen LogP contribution in [-0.2, 0) is 19.7 Å². The highest BCUT2D eigenvalue weighted by Crippen LogP contribution is 2.25. The topological polar surface area (TPSA) is 46.6 Å². The Bertz CT molecular complexity index is 491. The molecular weight excluding hydrogens is 322 g/mol. The van der Waals surface area contributed by atoms with E-state index in [1.807, 2.05) is 26.0 Å². The number of hydrogen-bond acceptors (Lipinski definition) is 3. The van der Waals surface area contributed by atoms with Gasteiger partial charge in [0.2, 0.25) is 5.91 Å². The molecule has 1 rings (SSSR count). The molecule has 1 amide bonds. The standard InChI is InChI=1S/C15H20BrNO3/c1-10-7-14(8-11(2)15(10)9-16)17(12(3)18)5-6-20-13(4)19/h7-8H,5-6,9H2,1-4H3. The summed E-state index contributed by atoms with van der Waals surface area (Å²) in [5.41, 5.74) is 4.34. The quantitative estimate of drug-likeness (QED) is 0.610. The van der Waals surface area contributed by atoms with Crippen molar-refractivity contribution in [3.8, 4) is 0 Å². The molecule has 0 heterocycles. The van der Waals surface area contributed by atoms with Gasteiger partial charge in [0.15, 0.2) is 0 Å². The van der Waals surface area contributed by atoms with Crippen molar-refractivity contribution in [2.24, 2.45) is 0 Å². The molecule has 20 heavy (non-hydrogen) atoms. The van der Waals surface area contributed by atoms with Gasteiger partial charge in [0.1, 0.15) is 6.61 Å². The summed E-state index contributed by atoms with van der Waals surface area (Å²) < 4.78 is 4.91. The molecule has 0 aliphatic carbocycles. The fourth-order valence-corrected chi connectivity index (χ4v) is 2.97. The molecule has 0 fully saturated rings. The number of carbonyl (C=O) groups excluding carboxylic acids is 2. The van der Waals surface area contributed by atoms with E-state index in [1.54, 1.807) is 4.90 Å². The molecule has 0 aliphatic heterocycles. The van der Waals surface area contributed by atoms with Gasteiger partial charge in [0.25, 0.3) is 0 Å². The van der Waals surface area contributed by atoms with Gasteiger partial charge in [-0.2, -0.15) is 0 Å². The Morgan fingerprint density at radius 3 is 2.15 bits per heavy atom. The number of halogens is 1. The van der Waals surface area contributed by atoms with Gasteiger partial charge in [-0.3, -0.25) is 9.59 Å². The molecule has 0 aliphatic rings. The summed E-state index contributed by atoms with van der Waals surface area (Å²) in [6.07, 6.45) is 0. The lowest BCUT2D eigenvalue weighted by atomic mass is 10.0. The second-order valence-corrected chi connectivity index (χ2v) is 5.26. The van der Waals surface area contributed by atoms with E-state index < -0.39 is 0 Å². The van der Waals surface area contributed by atoms with Gasteiger partial charge >= 0.3 is 5.97 Å². The Hall–Kier alpha value is -1.36. The van der Waals surface area contributed by atoms with Crippen LogP contribution in [0.3, 0.4) is 0 Å². The maximum atomic E-state index is 11.8. The van der Waals surface area contributed by atoms with E-state index in [2.05, 4.69) is 15.9 Å². The number of rotatable bonds is 5. The van der Waals surface area contributed by atoms with Crippen LogP contribution in [0.25, 0.3) is 0 Å². The lowest BCUT2D eigenvalue weighted by Gasteiger charge is -2.23. The predicted molar refractivity (Wildman–Crippen MR) is 83.2 cm³/mol. The molecule has 0 saturated carbocycles. The second kappa shape index (κ2) is 7.43. The first-order chi connectivity index (χ1) is 9.36. The van der Waals surface area contributed by atoms with Crippen molar-refractivity contribution in [3.63, 3.8) is 0 Å². The van der Waals surface area contributed by atoms with Crippen molar-refractivity contribution in [1.82, 2.24) is 0 Å². The number of nitrogens with zero attached hydrogens (tertiary/aromatic N) is 1. The number of alkyl halides is 1. The summed E-state index contributed by atoms with van der Waals surface area (Å²) >= 11 is 3.47. The van der Waals surface area contributed by atoms with Crippen LogP contribution >= 0.6 is 15.9 Å². The van der Waals surface area contributed by atoms with Crippen LogP contribution in [0.5, 0.6) is 0 Å². The highest BCUT2D eigenvalue weighted by atomic mass is 79.9. The number of benzene rings is 1. The minimum absolute atomic E-state index is 0.0671. The van der Waals surface area contributed by atoms with E-state index in [9.17, 15) is 9.59 Å². The first-order valence-electron chi connectivity index (χ1n) is 6.44. The van der Waals surface area contributed by atoms with E-state index in [-0.39, 0.29) is 18.5 Å². The number of aryl methyl sites for hydroxylation is 2. The third kappa shape index (κ3) is 4.34. The molecule has 110 valence electrons. The van der Waals surface area contributed by atoms with Crippen LogP contribution in [0.2, 0.25) is 0 Å². The van der Waals surface area contributed by atoms with Crippen LogP contribution in [0, 0.1) is 13.8 Å². The summed E-state index contributed by atoms with van der Waals surface area (Å²) in [7, 11) is 0. The minimum atomic E-state index is -0.338. The monoisotopic (exact) mass is 341 g/mol. The summed E-state index contributed by atoms with van der Waals surface area (Å²) in [6, 6.07) is 3.97. The first-order valence-corrected chi connectivity index (χ1v) is 7.56. The average molecular weight is 342 g/mol. The molecule has 0 atom stereocenters. The van der Waals surface area contributed by atoms with E-state index in [0.29, 0.717) is 6.54 Å². The molecule has 0 spiro atoms. The van der Waals surface area contributed by atoms with Crippen LogP contribution in [0.15, 0.2) is 12.1 Å². The molecule has 1 aromatic rings. The maximum Gasteiger partial charge on any atom is 0.302 e. The van der Waals surface area contributed by atoms with E-state index in [1.165, 1.54) is 19.4 Å². The van der Waals surface area contributed by atoms with Crippen molar-refractivity contribution >= 4 is 33.5 Å².